The maximum absolute atomic E-state index is 12.8. The van der Waals surface area contributed by atoms with Crippen LogP contribution in [0.25, 0.3) is 0 Å². The number of rotatable bonds is 8. The molecule has 0 amide bonds. The predicted molar refractivity (Wildman–Crippen MR) is 119 cm³/mol. The standard InChI is InChI=1S/C24H25NO5S/c1-4-5-18-7-9-23(31-18)24(27)28-13-20(26)19-10-15(2)25(16(19)3)12-17-6-8-21-22(11-17)30-14-29-21/h6-11H,4-5,12-14H2,1-3H3. The van der Waals surface area contributed by atoms with Crippen LogP contribution in [0.5, 0.6) is 11.5 Å². The summed E-state index contributed by atoms with van der Waals surface area (Å²) in [5, 5.41) is 0. The maximum Gasteiger partial charge on any atom is 0.348 e. The number of ether oxygens (including phenoxy) is 3. The molecular formula is C24H25NO5S. The van der Waals surface area contributed by atoms with Gasteiger partial charge in [-0.25, -0.2) is 4.79 Å². The molecule has 7 heteroatoms. The van der Waals surface area contributed by atoms with Gasteiger partial charge >= 0.3 is 5.97 Å². The second kappa shape index (κ2) is 8.98. The Bertz CT molecular complexity index is 1130. The minimum atomic E-state index is -0.449. The number of Topliss-reactive ketones (excluding diaryl/α,β-unsaturated/α-hetero) is 1. The van der Waals surface area contributed by atoms with Gasteiger partial charge in [0.2, 0.25) is 12.6 Å². The predicted octanol–water partition coefficient (Wildman–Crippen LogP) is 4.94. The van der Waals surface area contributed by atoms with Gasteiger partial charge in [0, 0.05) is 28.4 Å². The van der Waals surface area contributed by atoms with E-state index in [-0.39, 0.29) is 19.2 Å². The summed E-state index contributed by atoms with van der Waals surface area (Å²) < 4.78 is 18.2. The van der Waals surface area contributed by atoms with Crippen LogP contribution in [0, 0.1) is 13.8 Å². The van der Waals surface area contributed by atoms with Crippen LogP contribution in [0.2, 0.25) is 0 Å². The fourth-order valence-corrected chi connectivity index (χ4v) is 4.70. The first-order valence-electron chi connectivity index (χ1n) is 10.3. The molecule has 3 aromatic rings. The quantitative estimate of drug-likeness (QED) is 0.368. The van der Waals surface area contributed by atoms with E-state index in [1.165, 1.54) is 11.3 Å². The third-order valence-corrected chi connectivity index (χ3v) is 6.47. The van der Waals surface area contributed by atoms with Crippen molar-refractivity contribution >= 4 is 23.1 Å². The maximum atomic E-state index is 12.8. The summed E-state index contributed by atoms with van der Waals surface area (Å²) in [6.07, 6.45) is 1.96. The van der Waals surface area contributed by atoms with Crippen molar-refractivity contribution in [1.82, 2.24) is 4.57 Å². The van der Waals surface area contributed by atoms with Crippen LogP contribution in [0.1, 0.15) is 55.2 Å². The van der Waals surface area contributed by atoms with E-state index in [1.54, 1.807) is 6.07 Å². The lowest BCUT2D eigenvalue weighted by molar-refractivity contribution is 0.0479. The molecule has 31 heavy (non-hydrogen) atoms. The van der Waals surface area contributed by atoms with Gasteiger partial charge in [-0.15, -0.1) is 11.3 Å². The van der Waals surface area contributed by atoms with Gasteiger partial charge in [0.1, 0.15) is 4.88 Å². The van der Waals surface area contributed by atoms with Gasteiger partial charge in [-0.1, -0.05) is 19.4 Å². The Morgan fingerprint density at radius 2 is 1.90 bits per heavy atom. The van der Waals surface area contributed by atoms with Crippen LogP contribution in [-0.4, -0.2) is 29.7 Å². The Balaban J connectivity index is 1.42. The second-order valence-corrected chi connectivity index (χ2v) is 8.74. The van der Waals surface area contributed by atoms with E-state index in [0.717, 1.165) is 46.2 Å². The molecule has 0 saturated heterocycles. The summed E-state index contributed by atoms with van der Waals surface area (Å²) in [6, 6.07) is 11.4. The number of aromatic nitrogens is 1. The molecule has 2 aromatic heterocycles. The number of carbonyl (C=O) groups is 2. The molecule has 0 saturated carbocycles. The molecule has 0 spiro atoms. The Morgan fingerprint density at radius 3 is 2.71 bits per heavy atom. The zero-order valence-electron chi connectivity index (χ0n) is 17.9. The van der Waals surface area contributed by atoms with Gasteiger partial charge in [0.05, 0.1) is 0 Å². The summed E-state index contributed by atoms with van der Waals surface area (Å²) in [5.74, 6) is 0.826. The Morgan fingerprint density at radius 1 is 1.10 bits per heavy atom. The van der Waals surface area contributed by atoms with Gasteiger partial charge in [-0.3, -0.25) is 4.79 Å². The lowest BCUT2D eigenvalue weighted by Gasteiger charge is -2.11. The first kappa shape index (κ1) is 21.2. The summed E-state index contributed by atoms with van der Waals surface area (Å²) >= 11 is 1.42. The summed E-state index contributed by atoms with van der Waals surface area (Å²) in [4.78, 5) is 26.7. The van der Waals surface area contributed by atoms with Crippen LogP contribution in [-0.2, 0) is 17.7 Å². The average molecular weight is 440 g/mol. The Kier molecular flexibility index (Phi) is 6.13. The number of thiophene rings is 1. The molecule has 0 fully saturated rings. The normalized spacial score (nSPS) is 12.2. The fraction of sp³-hybridized carbons (Fsp3) is 0.333. The largest absolute Gasteiger partial charge is 0.454 e. The molecule has 0 aliphatic carbocycles. The molecule has 6 nitrogen and oxygen atoms in total. The summed E-state index contributed by atoms with van der Waals surface area (Å²) in [6.45, 7) is 6.54. The number of hydrogen-bond acceptors (Lipinski definition) is 6. The van der Waals surface area contributed by atoms with E-state index >= 15 is 0 Å². The molecule has 3 heterocycles. The zero-order chi connectivity index (χ0) is 22.0. The van der Waals surface area contributed by atoms with Crippen LogP contribution >= 0.6 is 11.3 Å². The van der Waals surface area contributed by atoms with Crippen molar-refractivity contribution in [2.75, 3.05) is 13.4 Å². The minimum absolute atomic E-state index is 0.205. The SMILES string of the molecule is CCCc1ccc(C(=O)OCC(=O)c2cc(C)n(Cc3ccc4c(c3)OCO4)c2C)s1. The van der Waals surface area contributed by atoms with Crippen molar-refractivity contribution in [3.05, 3.63) is 68.7 Å². The van der Waals surface area contributed by atoms with E-state index < -0.39 is 5.97 Å². The van der Waals surface area contributed by atoms with E-state index in [4.69, 9.17) is 14.2 Å². The number of carbonyl (C=O) groups excluding carboxylic acids is 2. The molecule has 1 aliphatic heterocycles. The van der Waals surface area contributed by atoms with Crippen molar-refractivity contribution < 1.29 is 23.8 Å². The molecule has 4 rings (SSSR count). The van der Waals surface area contributed by atoms with Gasteiger partial charge in [-0.2, -0.15) is 0 Å². The van der Waals surface area contributed by atoms with E-state index in [1.807, 2.05) is 44.2 Å². The molecule has 0 unspecified atom stereocenters. The average Bonchev–Trinajstić information content (AvgIpc) is 3.48. The highest BCUT2D eigenvalue weighted by molar-refractivity contribution is 7.13. The Hall–Kier alpha value is -3.06. The van der Waals surface area contributed by atoms with E-state index in [9.17, 15) is 9.59 Å². The molecule has 1 aromatic carbocycles. The Labute approximate surface area is 185 Å². The zero-order valence-corrected chi connectivity index (χ0v) is 18.7. The number of fused-ring (bicyclic) bond motifs is 1. The second-order valence-electron chi connectivity index (χ2n) is 7.57. The van der Waals surface area contributed by atoms with Gasteiger partial charge in [0.25, 0.3) is 0 Å². The molecule has 0 radical (unpaired) electrons. The van der Waals surface area contributed by atoms with Crippen molar-refractivity contribution in [1.29, 1.82) is 0 Å². The van der Waals surface area contributed by atoms with Crippen molar-refractivity contribution in [2.45, 2.75) is 40.2 Å². The van der Waals surface area contributed by atoms with Gasteiger partial charge in [0.15, 0.2) is 18.1 Å². The first-order valence-corrected chi connectivity index (χ1v) is 11.1. The number of hydrogen-bond donors (Lipinski definition) is 0. The first-order chi connectivity index (χ1) is 15.0. The molecular weight excluding hydrogens is 414 g/mol. The fourth-order valence-electron chi connectivity index (χ4n) is 3.70. The number of ketones is 1. The number of aryl methyl sites for hydroxylation is 2. The molecule has 0 N–H and O–H groups in total. The number of benzene rings is 1. The molecule has 162 valence electrons. The van der Waals surface area contributed by atoms with E-state index in [0.29, 0.717) is 17.0 Å². The van der Waals surface area contributed by atoms with Crippen LogP contribution < -0.4 is 9.47 Å². The summed E-state index contributed by atoms with van der Waals surface area (Å²) in [7, 11) is 0. The van der Waals surface area contributed by atoms with Crippen LogP contribution in [0.3, 0.4) is 0 Å². The number of esters is 1. The van der Waals surface area contributed by atoms with Gasteiger partial charge < -0.3 is 18.8 Å². The monoisotopic (exact) mass is 439 g/mol. The number of nitrogens with zero attached hydrogens (tertiary/aromatic N) is 1. The van der Waals surface area contributed by atoms with Gasteiger partial charge in [-0.05, 0) is 56.2 Å². The minimum Gasteiger partial charge on any atom is -0.454 e. The third kappa shape index (κ3) is 4.51. The lowest BCUT2D eigenvalue weighted by Crippen LogP contribution is -2.14. The molecule has 0 bridgehead atoms. The highest BCUT2D eigenvalue weighted by Gasteiger charge is 2.20. The van der Waals surface area contributed by atoms with Crippen LogP contribution in [0.15, 0.2) is 36.4 Å². The smallest absolute Gasteiger partial charge is 0.348 e. The molecule has 0 atom stereocenters. The topological polar surface area (TPSA) is 66.8 Å². The van der Waals surface area contributed by atoms with Crippen molar-refractivity contribution in [3.8, 4) is 11.5 Å². The van der Waals surface area contributed by atoms with Crippen molar-refractivity contribution in [3.63, 3.8) is 0 Å². The van der Waals surface area contributed by atoms with Crippen molar-refractivity contribution in [2.24, 2.45) is 0 Å². The van der Waals surface area contributed by atoms with Crippen LogP contribution in [0.4, 0.5) is 0 Å². The van der Waals surface area contributed by atoms with E-state index in [2.05, 4.69) is 11.5 Å². The highest BCUT2D eigenvalue weighted by Crippen LogP contribution is 2.33. The lowest BCUT2D eigenvalue weighted by atomic mass is 10.1. The summed E-state index contributed by atoms with van der Waals surface area (Å²) in [5.41, 5.74) is 3.44. The third-order valence-electron chi connectivity index (χ3n) is 5.35. The molecule has 1 aliphatic rings. The highest BCUT2D eigenvalue weighted by atomic mass is 32.1.